The predicted molar refractivity (Wildman–Crippen MR) is 87.8 cm³/mol. The van der Waals surface area contributed by atoms with E-state index in [9.17, 15) is 4.79 Å². The van der Waals surface area contributed by atoms with Crippen LogP contribution in [0.25, 0.3) is 10.9 Å². The first kappa shape index (κ1) is 15.2. The molecule has 1 N–H and O–H groups in total. The molecule has 0 radical (unpaired) electrons. The second kappa shape index (κ2) is 7.55. The van der Waals surface area contributed by atoms with Crippen LogP contribution in [-0.4, -0.2) is 16.1 Å². The van der Waals surface area contributed by atoms with E-state index in [1.54, 1.807) is 24.3 Å². The lowest BCUT2D eigenvalue weighted by atomic mass is 10.2. The standard InChI is InChI=1S/C9H7N.C8H7BrO2/c1-2-6-9-8(4-1)5-3-7-10-9;9-5-6-1-3-7(4-2-6)8(10)11/h1-7H;1-4H,5H2,(H,10,11). The van der Waals surface area contributed by atoms with Gasteiger partial charge in [0.05, 0.1) is 11.1 Å². The summed E-state index contributed by atoms with van der Waals surface area (Å²) in [5, 5.41) is 10.5. The second-order valence-corrected chi connectivity index (χ2v) is 4.89. The van der Waals surface area contributed by atoms with Gasteiger partial charge < -0.3 is 5.11 Å². The normalized spacial score (nSPS) is 9.76. The summed E-state index contributed by atoms with van der Waals surface area (Å²) in [4.78, 5) is 14.6. The number of pyridine rings is 1. The molecule has 0 saturated carbocycles. The number of hydrogen-bond acceptors (Lipinski definition) is 2. The Morgan fingerprint density at radius 1 is 1.00 bits per heavy atom. The third kappa shape index (κ3) is 4.39. The summed E-state index contributed by atoms with van der Waals surface area (Å²) in [6.45, 7) is 0. The van der Waals surface area contributed by atoms with E-state index in [0.29, 0.717) is 5.56 Å². The minimum absolute atomic E-state index is 0.328. The van der Waals surface area contributed by atoms with E-state index in [0.717, 1.165) is 16.4 Å². The maximum atomic E-state index is 10.4. The summed E-state index contributed by atoms with van der Waals surface area (Å²) in [5.41, 5.74) is 2.47. The van der Waals surface area contributed by atoms with Crippen molar-refractivity contribution in [2.45, 2.75) is 5.33 Å². The van der Waals surface area contributed by atoms with Crippen LogP contribution in [0.3, 0.4) is 0 Å². The van der Waals surface area contributed by atoms with Gasteiger partial charge in [-0.3, -0.25) is 4.98 Å². The molecule has 21 heavy (non-hydrogen) atoms. The van der Waals surface area contributed by atoms with Gasteiger partial charge in [-0.25, -0.2) is 4.79 Å². The average Bonchev–Trinajstić information content (AvgIpc) is 2.55. The fourth-order valence-electron chi connectivity index (χ4n) is 1.75. The summed E-state index contributed by atoms with van der Waals surface area (Å²) in [6, 6.07) is 18.9. The molecule has 0 amide bonds. The van der Waals surface area contributed by atoms with Crippen molar-refractivity contribution in [1.82, 2.24) is 4.98 Å². The zero-order chi connectivity index (χ0) is 15.1. The second-order valence-electron chi connectivity index (χ2n) is 4.33. The van der Waals surface area contributed by atoms with Crippen molar-refractivity contribution in [3.63, 3.8) is 0 Å². The molecule has 106 valence electrons. The molecule has 0 aliphatic rings. The van der Waals surface area contributed by atoms with E-state index in [-0.39, 0.29) is 0 Å². The van der Waals surface area contributed by atoms with E-state index in [2.05, 4.69) is 33.0 Å². The number of alkyl halides is 1. The lowest BCUT2D eigenvalue weighted by Gasteiger charge is -1.95. The molecule has 0 aliphatic heterocycles. The molecule has 4 heteroatoms. The maximum Gasteiger partial charge on any atom is 0.335 e. The number of benzene rings is 2. The maximum absolute atomic E-state index is 10.4. The van der Waals surface area contributed by atoms with Gasteiger partial charge in [0.1, 0.15) is 0 Å². The highest BCUT2D eigenvalue weighted by Crippen LogP contribution is 2.08. The van der Waals surface area contributed by atoms with Crippen LogP contribution in [0.15, 0.2) is 66.9 Å². The number of rotatable bonds is 2. The highest BCUT2D eigenvalue weighted by molar-refractivity contribution is 9.08. The van der Waals surface area contributed by atoms with E-state index in [4.69, 9.17) is 5.11 Å². The number of carbonyl (C=O) groups is 1. The van der Waals surface area contributed by atoms with Crippen molar-refractivity contribution in [3.8, 4) is 0 Å². The first-order chi connectivity index (χ1) is 10.2. The quantitative estimate of drug-likeness (QED) is 0.696. The summed E-state index contributed by atoms with van der Waals surface area (Å²) in [7, 11) is 0. The van der Waals surface area contributed by atoms with Crippen molar-refractivity contribution in [1.29, 1.82) is 0 Å². The van der Waals surface area contributed by atoms with Crippen LogP contribution in [0.4, 0.5) is 0 Å². The number of halogens is 1. The van der Waals surface area contributed by atoms with Gasteiger partial charge in [0.15, 0.2) is 0 Å². The van der Waals surface area contributed by atoms with Crippen molar-refractivity contribution in [2.75, 3.05) is 0 Å². The Morgan fingerprint density at radius 3 is 2.29 bits per heavy atom. The topological polar surface area (TPSA) is 50.2 Å². The number of para-hydroxylation sites is 1. The van der Waals surface area contributed by atoms with E-state index in [1.807, 2.05) is 30.5 Å². The number of aromatic carboxylic acids is 1. The summed E-state index contributed by atoms with van der Waals surface area (Å²) >= 11 is 3.27. The molecule has 0 aliphatic carbocycles. The number of fused-ring (bicyclic) bond motifs is 1. The molecule has 0 atom stereocenters. The van der Waals surface area contributed by atoms with Crippen LogP contribution in [0, 0.1) is 0 Å². The van der Waals surface area contributed by atoms with Crippen LogP contribution < -0.4 is 0 Å². The Morgan fingerprint density at radius 2 is 1.67 bits per heavy atom. The first-order valence-corrected chi connectivity index (χ1v) is 7.51. The van der Waals surface area contributed by atoms with Gasteiger partial charge >= 0.3 is 5.97 Å². The lowest BCUT2D eigenvalue weighted by molar-refractivity contribution is 0.0697. The number of carboxylic acids is 1. The van der Waals surface area contributed by atoms with Crippen molar-refractivity contribution < 1.29 is 9.90 Å². The largest absolute Gasteiger partial charge is 0.478 e. The zero-order valence-corrected chi connectivity index (χ0v) is 12.8. The van der Waals surface area contributed by atoms with Crippen molar-refractivity contribution in [3.05, 3.63) is 78.0 Å². The molecule has 0 saturated heterocycles. The predicted octanol–water partition coefficient (Wildman–Crippen LogP) is 4.51. The average molecular weight is 344 g/mol. The van der Waals surface area contributed by atoms with Gasteiger partial charge in [-0.05, 0) is 29.8 Å². The minimum atomic E-state index is -0.883. The van der Waals surface area contributed by atoms with Gasteiger partial charge in [0.25, 0.3) is 0 Å². The molecule has 0 spiro atoms. The van der Waals surface area contributed by atoms with Gasteiger partial charge in [-0.2, -0.15) is 0 Å². The van der Waals surface area contributed by atoms with E-state index < -0.39 is 5.97 Å². The lowest BCUT2D eigenvalue weighted by Crippen LogP contribution is -1.95. The van der Waals surface area contributed by atoms with Gasteiger partial charge in [0, 0.05) is 16.9 Å². The Labute approximate surface area is 131 Å². The van der Waals surface area contributed by atoms with Crippen LogP contribution in [-0.2, 0) is 5.33 Å². The van der Waals surface area contributed by atoms with Gasteiger partial charge in [-0.1, -0.05) is 52.3 Å². The van der Waals surface area contributed by atoms with E-state index >= 15 is 0 Å². The third-order valence-electron chi connectivity index (χ3n) is 2.87. The monoisotopic (exact) mass is 343 g/mol. The Bertz CT molecular complexity index is 661. The van der Waals surface area contributed by atoms with Crippen LogP contribution in [0.5, 0.6) is 0 Å². The molecule has 2 aromatic carbocycles. The Kier molecular flexibility index (Phi) is 5.46. The Hall–Kier alpha value is -2.20. The number of hydrogen-bond donors (Lipinski definition) is 1. The van der Waals surface area contributed by atoms with Gasteiger partial charge in [-0.15, -0.1) is 0 Å². The molecule has 3 nitrogen and oxygen atoms in total. The molecule has 1 heterocycles. The zero-order valence-electron chi connectivity index (χ0n) is 11.2. The highest BCUT2D eigenvalue weighted by Gasteiger charge is 1.99. The number of aromatic nitrogens is 1. The fraction of sp³-hybridized carbons (Fsp3) is 0.0588. The first-order valence-electron chi connectivity index (χ1n) is 6.38. The summed E-state index contributed by atoms with van der Waals surface area (Å²) in [6.07, 6.45) is 1.81. The smallest absolute Gasteiger partial charge is 0.335 e. The van der Waals surface area contributed by atoms with Crippen LogP contribution in [0.1, 0.15) is 15.9 Å². The molecule has 1 aromatic heterocycles. The molecule has 0 bridgehead atoms. The minimum Gasteiger partial charge on any atom is -0.478 e. The van der Waals surface area contributed by atoms with Crippen molar-refractivity contribution >= 4 is 32.8 Å². The van der Waals surface area contributed by atoms with Gasteiger partial charge in [0.2, 0.25) is 0 Å². The number of carboxylic acid groups (broad SMARTS) is 1. The molecule has 3 rings (SSSR count). The summed E-state index contributed by atoms with van der Waals surface area (Å²) in [5.74, 6) is -0.883. The van der Waals surface area contributed by atoms with E-state index in [1.165, 1.54) is 5.39 Å². The molecule has 0 fully saturated rings. The third-order valence-corrected chi connectivity index (χ3v) is 3.51. The molecular weight excluding hydrogens is 330 g/mol. The van der Waals surface area contributed by atoms with Crippen LogP contribution in [0.2, 0.25) is 0 Å². The highest BCUT2D eigenvalue weighted by atomic mass is 79.9. The molecule has 3 aromatic rings. The Balaban J connectivity index is 0.000000154. The number of nitrogens with zero attached hydrogens (tertiary/aromatic N) is 1. The fourth-order valence-corrected chi connectivity index (χ4v) is 2.13. The molecular formula is C17H14BrNO2. The molecule has 0 unspecified atom stereocenters. The van der Waals surface area contributed by atoms with Crippen LogP contribution >= 0.6 is 15.9 Å². The SMILES string of the molecule is O=C(O)c1ccc(CBr)cc1.c1ccc2ncccc2c1. The summed E-state index contributed by atoms with van der Waals surface area (Å²) < 4.78 is 0. The van der Waals surface area contributed by atoms with Crippen molar-refractivity contribution in [2.24, 2.45) is 0 Å².